The van der Waals surface area contributed by atoms with Crippen LogP contribution in [0.25, 0.3) is 0 Å². The van der Waals surface area contributed by atoms with Gasteiger partial charge in [0.2, 0.25) is 0 Å². The Bertz CT molecular complexity index is 507. The number of sulfone groups is 1. The van der Waals surface area contributed by atoms with Crippen LogP contribution in [0.4, 0.5) is 0 Å². The van der Waals surface area contributed by atoms with Gasteiger partial charge in [0.15, 0.2) is 5.69 Å². The van der Waals surface area contributed by atoms with E-state index in [0.717, 1.165) is 6.26 Å². The molecular weight excluding hydrogens is 250 g/mol. The summed E-state index contributed by atoms with van der Waals surface area (Å²) >= 11 is 0. The molecule has 1 aromatic rings. The Morgan fingerprint density at radius 1 is 1.53 bits per heavy atom. The molecule has 0 aliphatic heterocycles. The van der Waals surface area contributed by atoms with Gasteiger partial charge in [-0.1, -0.05) is 5.21 Å². The lowest BCUT2D eigenvalue weighted by Crippen LogP contribution is -2.15. The number of hydrogen-bond donors (Lipinski definition) is 1. The highest BCUT2D eigenvalue weighted by Crippen LogP contribution is 2.07. The fourth-order valence-corrected chi connectivity index (χ4v) is 1.71. The van der Waals surface area contributed by atoms with E-state index in [9.17, 15) is 13.2 Å². The summed E-state index contributed by atoms with van der Waals surface area (Å²) in [4.78, 5) is 10.8. The van der Waals surface area contributed by atoms with Crippen molar-refractivity contribution in [2.24, 2.45) is 0 Å². The first kappa shape index (κ1) is 13.6. The minimum atomic E-state index is -3.14. The van der Waals surface area contributed by atoms with Gasteiger partial charge in [-0.2, -0.15) is 0 Å². The average molecular weight is 263 g/mol. The van der Waals surface area contributed by atoms with Gasteiger partial charge >= 0.3 is 5.97 Å². The zero-order valence-corrected chi connectivity index (χ0v) is 10.3. The van der Waals surface area contributed by atoms with E-state index in [2.05, 4.69) is 10.3 Å². The number of carboxylic acids is 1. The summed E-state index contributed by atoms with van der Waals surface area (Å²) in [7, 11) is -1.74. The summed E-state index contributed by atoms with van der Waals surface area (Å²) < 4.78 is 28.1. The summed E-state index contributed by atoms with van der Waals surface area (Å²) in [6, 6.07) is 0. The standard InChI is InChI=1S/C8H13N3O5S/c1-16-5-6-7(8(12)13)9-10-11(6)3-4-17(2,14)15/h3-5H2,1-2H3,(H,12,13). The Morgan fingerprint density at radius 2 is 2.18 bits per heavy atom. The number of aromatic carboxylic acids is 1. The molecule has 0 aliphatic rings. The van der Waals surface area contributed by atoms with Gasteiger partial charge in [-0.25, -0.2) is 17.9 Å². The first-order chi connectivity index (χ1) is 7.85. The normalized spacial score (nSPS) is 11.6. The van der Waals surface area contributed by atoms with Crippen LogP contribution in [0, 0.1) is 0 Å². The van der Waals surface area contributed by atoms with Crippen molar-refractivity contribution in [3.63, 3.8) is 0 Å². The molecule has 0 saturated heterocycles. The van der Waals surface area contributed by atoms with Crippen LogP contribution in [0.1, 0.15) is 16.2 Å². The summed E-state index contributed by atoms with van der Waals surface area (Å²) in [5, 5.41) is 15.9. The topological polar surface area (TPSA) is 111 Å². The minimum absolute atomic E-state index is 0.0123. The smallest absolute Gasteiger partial charge is 0.358 e. The number of carbonyl (C=O) groups is 1. The number of carboxylic acid groups (broad SMARTS) is 1. The van der Waals surface area contributed by atoms with E-state index in [-0.39, 0.29) is 30.3 Å². The van der Waals surface area contributed by atoms with Crippen molar-refractivity contribution in [1.82, 2.24) is 15.0 Å². The highest BCUT2D eigenvalue weighted by atomic mass is 32.2. The third-order valence-corrected chi connectivity index (χ3v) is 2.92. The van der Waals surface area contributed by atoms with E-state index >= 15 is 0 Å². The Kier molecular flexibility index (Phi) is 4.18. The molecule has 0 aromatic carbocycles. The van der Waals surface area contributed by atoms with E-state index in [4.69, 9.17) is 9.84 Å². The molecule has 1 heterocycles. The number of hydrogen-bond acceptors (Lipinski definition) is 6. The SMILES string of the molecule is COCc1c(C(=O)O)nnn1CCS(C)(=O)=O. The molecular formula is C8H13N3O5S. The van der Waals surface area contributed by atoms with Crippen molar-refractivity contribution >= 4 is 15.8 Å². The predicted molar refractivity (Wildman–Crippen MR) is 57.4 cm³/mol. The lowest BCUT2D eigenvalue weighted by molar-refractivity contribution is 0.0684. The van der Waals surface area contributed by atoms with Gasteiger partial charge in [0, 0.05) is 13.4 Å². The van der Waals surface area contributed by atoms with Gasteiger partial charge in [0.25, 0.3) is 0 Å². The molecule has 96 valence electrons. The van der Waals surface area contributed by atoms with Gasteiger partial charge in [0.1, 0.15) is 9.84 Å². The van der Waals surface area contributed by atoms with Crippen LogP contribution >= 0.6 is 0 Å². The second-order valence-corrected chi connectivity index (χ2v) is 5.74. The van der Waals surface area contributed by atoms with Gasteiger partial charge < -0.3 is 9.84 Å². The maximum Gasteiger partial charge on any atom is 0.358 e. The van der Waals surface area contributed by atoms with Crippen LogP contribution in [0.2, 0.25) is 0 Å². The Balaban J connectivity index is 2.95. The number of methoxy groups -OCH3 is 1. The molecule has 17 heavy (non-hydrogen) atoms. The lowest BCUT2D eigenvalue weighted by Gasteiger charge is -2.05. The fraction of sp³-hybridized carbons (Fsp3) is 0.625. The summed E-state index contributed by atoms with van der Waals surface area (Å²) in [6.07, 6.45) is 1.10. The largest absolute Gasteiger partial charge is 0.476 e. The van der Waals surface area contributed by atoms with Crippen LogP contribution < -0.4 is 0 Å². The second kappa shape index (κ2) is 5.23. The molecule has 1 aromatic heterocycles. The fourth-order valence-electron chi connectivity index (χ4n) is 1.21. The van der Waals surface area contributed by atoms with Crippen molar-refractivity contribution < 1.29 is 23.1 Å². The molecule has 0 radical (unpaired) electrons. The van der Waals surface area contributed by atoms with Crippen LogP contribution in [0.3, 0.4) is 0 Å². The number of nitrogens with zero attached hydrogens (tertiary/aromatic N) is 3. The number of aromatic nitrogens is 3. The number of ether oxygens (including phenoxy) is 1. The molecule has 0 amide bonds. The third kappa shape index (κ3) is 3.79. The van der Waals surface area contributed by atoms with Crippen LogP contribution in [-0.2, 0) is 27.7 Å². The summed E-state index contributed by atoms with van der Waals surface area (Å²) in [6.45, 7) is 0.0657. The molecule has 0 aliphatic carbocycles. The molecule has 1 rings (SSSR count). The molecule has 1 N–H and O–H groups in total. The van der Waals surface area contributed by atoms with Gasteiger partial charge in [-0.05, 0) is 0 Å². The van der Waals surface area contributed by atoms with Crippen molar-refractivity contribution in [3.05, 3.63) is 11.4 Å². The molecule has 0 unspecified atom stereocenters. The molecule has 0 bridgehead atoms. The van der Waals surface area contributed by atoms with Crippen molar-refractivity contribution in [2.45, 2.75) is 13.2 Å². The van der Waals surface area contributed by atoms with Crippen molar-refractivity contribution in [2.75, 3.05) is 19.1 Å². The molecule has 9 heteroatoms. The van der Waals surface area contributed by atoms with E-state index in [1.165, 1.54) is 11.8 Å². The summed E-state index contributed by atoms with van der Waals surface area (Å²) in [5.41, 5.74) is 0.0315. The quantitative estimate of drug-likeness (QED) is 0.712. The zero-order chi connectivity index (χ0) is 13.1. The van der Waals surface area contributed by atoms with E-state index in [1.807, 2.05) is 0 Å². The molecule has 0 spiro atoms. The molecule has 8 nitrogen and oxygen atoms in total. The third-order valence-electron chi connectivity index (χ3n) is 2.00. The number of aryl methyl sites for hydroxylation is 1. The number of rotatable bonds is 6. The first-order valence-corrected chi connectivity index (χ1v) is 6.73. The van der Waals surface area contributed by atoms with E-state index < -0.39 is 15.8 Å². The Labute approximate surface area is 98.1 Å². The van der Waals surface area contributed by atoms with Gasteiger partial charge in [0.05, 0.1) is 24.6 Å². The van der Waals surface area contributed by atoms with E-state index in [0.29, 0.717) is 0 Å². The zero-order valence-electron chi connectivity index (χ0n) is 9.45. The van der Waals surface area contributed by atoms with Crippen LogP contribution in [0.5, 0.6) is 0 Å². The lowest BCUT2D eigenvalue weighted by atomic mass is 10.3. The second-order valence-electron chi connectivity index (χ2n) is 3.48. The van der Waals surface area contributed by atoms with Gasteiger partial charge in [-0.15, -0.1) is 5.10 Å². The molecule has 0 atom stereocenters. The van der Waals surface area contributed by atoms with Gasteiger partial charge in [-0.3, -0.25) is 0 Å². The van der Waals surface area contributed by atoms with E-state index in [1.54, 1.807) is 0 Å². The Morgan fingerprint density at radius 3 is 2.65 bits per heavy atom. The average Bonchev–Trinajstić information content (AvgIpc) is 2.58. The Hall–Kier alpha value is -1.48. The first-order valence-electron chi connectivity index (χ1n) is 4.67. The van der Waals surface area contributed by atoms with Crippen molar-refractivity contribution in [1.29, 1.82) is 0 Å². The molecule has 0 fully saturated rings. The summed E-state index contributed by atoms with van der Waals surface area (Å²) in [5.74, 6) is -1.35. The highest BCUT2D eigenvalue weighted by Gasteiger charge is 2.19. The monoisotopic (exact) mass is 263 g/mol. The maximum atomic E-state index is 11.0. The van der Waals surface area contributed by atoms with Crippen molar-refractivity contribution in [3.8, 4) is 0 Å². The maximum absolute atomic E-state index is 11.0. The van der Waals surface area contributed by atoms with Crippen LogP contribution in [0.15, 0.2) is 0 Å². The predicted octanol–water partition coefficient (Wildman–Crippen LogP) is -0.833. The van der Waals surface area contributed by atoms with Crippen LogP contribution in [-0.4, -0.2) is 53.6 Å². The highest BCUT2D eigenvalue weighted by molar-refractivity contribution is 7.90. The molecule has 0 saturated carbocycles. The minimum Gasteiger partial charge on any atom is -0.476 e.